The molecule has 3 aromatic carbocycles. The van der Waals surface area contributed by atoms with Gasteiger partial charge in [-0.2, -0.15) is 0 Å². The molecule has 0 spiro atoms. The van der Waals surface area contributed by atoms with Gasteiger partial charge in [0.15, 0.2) is 11.5 Å². The molecule has 5 nitrogen and oxygen atoms in total. The molecule has 4 aromatic rings. The maximum atomic E-state index is 13.0. The summed E-state index contributed by atoms with van der Waals surface area (Å²) in [7, 11) is 0. The molecule has 0 atom stereocenters. The molecule has 1 aliphatic rings. The number of halogens is 4. The average Bonchev–Trinajstić information content (AvgIpc) is 3.33. The van der Waals surface area contributed by atoms with Crippen molar-refractivity contribution in [2.75, 3.05) is 4.90 Å². The Morgan fingerprint density at radius 2 is 1.34 bits per heavy atom. The van der Waals surface area contributed by atoms with E-state index in [1.807, 2.05) is 36.4 Å². The molecule has 0 unspecified atom stereocenters. The summed E-state index contributed by atoms with van der Waals surface area (Å²) >= 11 is 24.5. The molecule has 0 saturated heterocycles. The lowest BCUT2D eigenvalue weighted by atomic mass is 10.1. The van der Waals surface area contributed by atoms with Crippen LogP contribution in [0.5, 0.6) is 0 Å². The first-order valence-electron chi connectivity index (χ1n) is 9.55. The van der Waals surface area contributed by atoms with Gasteiger partial charge in [-0.05, 0) is 36.2 Å². The first kappa shape index (κ1) is 21.3. The highest BCUT2D eigenvalue weighted by atomic mass is 35.5. The minimum absolute atomic E-state index is 0.0453. The number of carbonyl (C=O) groups excluding carboxylic acids is 2. The molecule has 2 heterocycles. The smallest absolute Gasteiger partial charge is 0.267 e. The van der Waals surface area contributed by atoms with Gasteiger partial charge >= 0.3 is 0 Å². The number of fused-ring (bicyclic) bond motifs is 2. The molecule has 32 heavy (non-hydrogen) atoms. The number of benzene rings is 3. The average molecular weight is 506 g/mol. The Kier molecular flexibility index (Phi) is 5.38. The van der Waals surface area contributed by atoms with Crippen molar-refractivity contribution in [3.05, 3.63) is 91.2 Å². The summed E-state index contributed by atoms with van der Waals surface area (Å²) < 4.78 is 5.75. The first-order valence-corrected chi connectivity index (χ1v) is 11.1. The largest absolute Gasteiger partial charge is 0.441 e. The number of nitrogens with zero attached hydrogens (tertiary/aromatic N) is 2. The molecule has 0 fully saturated rings. The topological polar surface area (TPSA) is 63.4 Å². The van der Waals surface area contributed by atoms with Crippen LogP contribution in [0.25, 0.3) is 11.1 Å². The number of aromatic nitrogens is 1. The van der Waals surface area contributed by atoms with Crippen LogP contribution in [0.4, 0.5) is 5.69 Å². The van der Waals surface area contributed by atoms with Gasteiger partial charge in [-0.3, -0.25) is 9.59 Å². The quantitative estimate of drug-likeness (QED) is 0.170. The van der Waals surface area contributed by atoms with Gasteiger partial charge in [-0.1, -0.05) is 70.7 Å². The fraction of sp³-hybridized carbons (Fsp3) is 0.0870. The van der Waals surface area contributed by atoms with E-state index in [1.54, 1.807) is 12.1 Å². The SMILES string of the molecule is O=C1c2c(Cl)c(Cl)c(Cl)c(Cl)c2C(=O)N1c1ccc(CCc2nc3ccccc3o2)cc1. The summed E-state index contributed by atoms with van der Waals surface area (Å²) in [6.07, 6.45) is 1.29. The van der Waals surface area contributed by atoms with Gasteiger partial charge in [0.1, 0.15) is 5.52 Å². The van der Waals surface area contributed by atoms with Gasteiger partial charge in [-0.25, -0.2) is 9.88 Å². The molecule has 5 rings (SSSR count). The Balaban J connectivity index is 1.38. The minimum Gasteiger partial charge on any atom is -0.441 e. The maximum Gasteiger partial charge on any atom is 0.267 e. The number of para-hydroxylation sites is 2. The molecule has 1 aliphatic heterocycles. The van der Waals surface area contributed by atoms with Crippen LogP contribution in [0.3, 0.4) is 0 Å². The predicted octanol–water partition coefficient (Wildman–Crippen LogP) is 7.03. The summed E-state index contributed by atoms with van der Waals surface area (Å²) in [5, 5.41) is -0.303. The van der Waals surface area contributed by atoms with Crippen molar-refractivity contribution < 1.29 is 14.0 Å². The molecule has 0 saturated carbocycles. The predicted molar refractivity (Wildman–Crippen MR) is 125 cm³/mol. The second kappa shape index (κ2) is 8.09. The number of aryl methyl sites for hydroxylation is 2. The lowest BCUT2D eigenvalue weighted by Crippen LogP contribution is -2.29. The molecule has 160 valence electrons. The number of amides is 2. The third kappa shape index (κ3) is 3.37. The lowest BCUT2D eigenvalue weighted by molar-refractivity contribution is 0.0926. The van der Waals surface area contributed by atoms with Crippen molar-refractivity contribution >= 4 is 75.0 Å². The van der Waals surface area contributed by atoms with Gasteiger partial charge in [0, 0.05) is 6.42 Å². The molecule has 1 aromatic heterocycles. The highest BCUT2D eigenvalue weighted by molar-refractivity contribution is 6.56. The fourth-order valence-electron chi connectivity index (χ4n) is 3.67. The van der Waals surface area contributed by atoms with Crippen LogP contribution in [0.1, 0.15) is 32.2 Å². The third-order valence-corrected chi connectivity index (χ3v) is 7.06. The summed E-state index contributed by atoms with van der Waals surface area (Å²) in [6, 6.07) is 14.6. The second-order valence-corrected chi connectivity index (χ2v) is 8.71. The van der Waals surface area contributed by atoms with Gasteiger partial charge < -0.3 is 4.42 Å². The fourth-order valence-corrected chi connectivity index (χ4v) is 4.69. The number of hydrogen-bond acceptors (Lipinski definition) is 4. The van der Waals surface area contributed by atoms with Crippen molar-refractivity contribution in [2.24, 2.45) is 0 Å². The monoisotopic (exact) mass is 504 g/mol. The Morgan fingerprint density at radius 3 is 1.94 bits per heavy atom. The summed E-state index contributed by atoms with van der Waals surface area (Å²) in [5.41, 5.74) is 2.87. The van der Waals surface area contributed by atoms with Crippen LogP contribution < -0.4 is 4.90 Å². The van der Waals surface area contributed by atoms with E-state index in [0.29, 0.717) is 24.4 Å². The highest BCUT2D eigenvalue weighted by Crippen LogP contribution is 2.45. The molecule has 0 N–H and O–H groups in total. The van der Waals surface area contributed by atoms with E-state index in [1.165, 1.54) is 0 Å². The van der Waals surface area contributed by atoms with Crippen molar-refractivity contribution in [1.29, 1.82) is 0 Å². The molecular weight excluding hydrogens is 494 g/mol. The highest BCUT2D eigenvalue weighted by Gasteiger charge is 2.42. The molecule has 2 amide bonds. The Morgan fingerprint density at radius 1 is 0.750 bits per heavy atom. The van der Waals surface area contributed by atoms with Crippen molar-refractivity contribution in [1.82, 2.24) is 4.98 Å². The molecular formula is C23H12Cl4N2O3. The lowest BCUT2D eigenvalue weighted by Gasteiger charge is -2.14. The van der Waals surface area contributed by atoms with Gasteiger partial charge in [0.25, 0.3) is 11.8 Å². The number of hydrogen-bond donors (Lipinski definition) is 0. The van der Waals surface area contributed by atoms with Crippen molar-refractivity contribution in [3.63, 3.8) is 0 Å². The van der Waals surface area contributed by atoms with Gasteiger partial charge in [-0.15, -0.1) is 0 Å². The van der Waals surface area contributed by atoms with Crippen LogP contribution >= 0.6 is 46.4 Å². The summed E-state index contributed by atoms with van der Waals surface area (Å²) in [6.45, 7) is 0. The van der Waals surface area contributed by atoms with Crippen LogP contribution in [0.15, 0.2) is 52.9 Å². The van der Waals surface area contributed by atoms with Crippen LogP contribution in [0.2, 0.25) is 20.1 Å². The molecule has 9 heteroatoms. The molecule has 0 aliphatic carbocycles. The van der Waals surface area contributed by atoms with E-state index in [-0.39, 0.29) is 31.2 Å². The van der Waals surface area contributed by atoms with Crippen molar-refractivity contribution in [3.8, 4) is 0 Å². The minimum atomic E-state index is -0.602. The number of anilines is 1. The second-order valence-electron chi connectivity index (χ2n) is 7.19. The van der Waals surface area contributed by atoms with Gasteiger partial charge in [0.05, 0.1) is 36.9 Å². The van der Waals surface area contributed by atoms with Crippen molar-refractivity contribution in [2.45, 2.75) is 12.8 Å². The van der Waals surface area contributed by atoms with Gasteiger partial charge in [0.2, 0.25) is 0 Å². The summed E-state index contributed by atoms with van der Waals surface area (Å²) in [5.74, 6) is -0.557. The zero-order valence-electron chi connectivity index (χ0n) is 16.2. The zero-order chi connectivity index (χ0) is 22.6. The Labute approximate surface area is 202 Å². The molecule has 0 bridgehead atoms. The van der Waals surface area contributed by atoms with E-state index in [9.17, 15) is 9.59 Å². The van der Waals surface area contributed by atoms with E-state index in [4.69, 9.17) is 50.8 Å². The third-order valence-electron chi connectivity index (χ3n) is 5.26. The van der Waals surface area contributed by atoms with Crippen LogP contribution in [0, 0.1) is 0 Å². The Hall–Kier alpha value is -2.57. The number of rotatable bonds is 4. The van der Waals surface area contributed by atoms with Crippen LogP contribution in [-0.2, 0) is 12.8 Å². The standard InChI is InChI=1S/C23H12Cl4N2O3/c24-18-16-17(19(25)21(27)20(18)26)23(31)29(22(16)30)12-8-5-11(6-9-12)7-10-15-28-13-3-1-2-4-14(13)32-15/h1-6,8-9H,7,10H2. The normalized spacial score (nSPS) is 13.3. The first-order chi connectivity index (χ1) is 15.4. The molecule has 0 radical (unpaired) electrons. The van der Waals surface area contributed by atoms with E-state index >= 15 is 0 Å². The number of carbonyl (C=O) groups is 2. The Bertz CT molecular complexity index is 1330. The number of imide groups is 1. The van der Waals surface area contributed by atoms with E-state index in [2.05, 4.69) is 4.98 Å². The maximum absolute atomic E-state index is 13.0. The number of oxazole rings is 1. The zero-order valence-corrected chi connectivity index (χ0v) is 19.2. The van der Waals surface area contributed by atoms with E-state index < -0.39 is 11.8 Å². The van der Waals surface area contributed by atoms with Crippen LogP contribution in [-0.4, -0.2) is 16.8 Å². The van der Waals surface area contributed by atoms with E-state index in [0.717, 1.165) is 21.6 Å². The summed E-state index contributed by atoms with van der Waals surface area (Å²) in [4.78, 5) is 31.4.